The van der Waals surface area contributed by atoms with Gasteiger partial charge in [0.2, 0.25) is 0 Å². The van der Waals surface area contributed by atoms with Gasteiger partial charge in [-0.25, -0.2) is 0 Å². The molecule has 18 heavy (non-hydrogen) atoms. The molecule has 0 bridgehead atoms. The van der Waals surface area contributed by atoms with Gasteiger partial charge in [0, 0.05) is 17.4 Å². The molecule has 0 aliphatic rings. The summed E-state index contributed by atoms with van der Waals surface area (Å²) in [5, 5.41) is 11.6. The average Bonchev–Trinajstić information content (AvgIpc) is 2.29. The summed E-state index contributed by atoms with van der Waals surface area (Å²) >= 11 is 6.50. The molecule has 1 aromatic rings. The predicted octanol–water partition coefficient (Wildman–Crippen LogP) is 3.25. The third-order valence-corrected chi connectivity index (χ3v) is 5.05. The highest BCUT2D eigenvalue weighted by molar-refractivity contribution is 9.10. The lowest BCUT2D eigenvalue weighted by atomic mass is 9.96. The lowest BCUT2D eigenvalue weighted by molar-refractivity contribution is -0.386. The topological polar surface area (TPSA) is 65.1 Å². The Hall–Kier alpha value is -0.690. The summed E-state index contributed by atoms with van der Waals surface area (Å²) in [5.41, 5.74) is -0.0938. The molecule has 0 radical (unpaired) electrons. The third-order valence-electron chi connectivity index (χ3n) is 2.60. The zero-order valence-electron chi connectivity index (χ0n) is 10.4. The summed E-state index contributed by atoms with van der Waals surface area (Å²) in [7, 11) is 0. The van der Waals surface area contributed by atoms with Crippen molar-refractivity contribution >= 4 is 37.5 Å². The van der Waals surface area contributed by atoms with Gasteiger partial charge >= 0.3 is 0 Å². The first kappa shape index (κ1) is 15.4. The largest absolute Gasteiger partial charge is 0.307 e. The fourth-order valence-electron chi connectivity index (χ4n) is 1.51. The fraction of sp³-hybridized carbons (Fsp3) is 0.545. The Bertz CT molecular complexity index is 538. The highest BCUT2D eigenvalue weighted by Gasteiger charge is 2.23. The number of alkyl halides is 1. The van der Waals surface area contributed by atoms with Crippen LogP contribution in [0.15, 0.2) is 15.5 Å². The van der Waals surface area contributed by atoms with E-state index in [1.807, 2.05) is 13.8 Å². The number of rotatable bonds is 4. The molecule has 100 valence electrons. The second kappa shape index (κ2) is 5.52. The minimum Gasteiger partial charge on any atom is -0.307 e. The minimum absolute atomic E-state index is 0.0492. The van der Waals surface area contributed by atoms with Crippen LogP contribution in [0.4, 0.5) is 5.69 Å². The maximum absolute atomic E-state index is 12.0. The number of hydrogen-bond donors (Lipinski definition) is 0. The standard InChI is InChI=1S/C11H14Br2N2O3/c1-7-8(15(17)18)4-14(10(16)9(7)13)6-11(2,3)5-12/h4H,5-6H2,1-3H3. The van der Waals surface area contributed by atoms with Gasteiger partial charge in [-0.1, -0.05) is 29.8 Å². The lowest BCUT2D eigenvalue weighted by Gasteiger charge is -2.22. The van der Waals surface area contributed by atoms with Crippen molar-refractivity contribution in [2.24, 2.45) is 5.41 Å². The van der Waals surface area contributed by atoms with E-state index in [0.29, 0.717) is 17.4 Å². The molecular formula is C11H14Br2N2O3. The SMILES string of the molecule is Cc1c([N+](=O)[O-])cn(CC(C)(C)CBr)c(=O)c1Br. The van der Waals surface area contributed by atoms with E-state index >= 15 is 0 Å². The van der Waals surface area contributed by atoms with E-state index in [1.165, 1.54) is 10.8 Å². The van der Waals surface area contributed by atoms with E-state index in [2.05, 4.69) is 31.9 Å². The van der Waals surface area contributed by atoms with Gasteiger partial charge in [0.15, 0.2) is 0 Å². The third kappa shape index (κ3) is 3.20. The number of aromatic nitrogens is 1. The molecule has 0 saturated heterocycles. The Kier molecular flexibility index (Phi) is 4.72. The van der Waals surface area contributed by atoms with E-state index < -0.39 is 4.92 Å². The summed E-state index contributed by atoms with van der Waals surface area (Å²) in [6.07, 6.45) is 1.31. The second-order valence-corrected chi connectivity index (χ2v) is 6.30. The quantitative estimate of drug-likeness (QED) is 0.456. The summed E-state index contributed by atoms with van der Waals surface area (Å²) in [6.45, 7) is 5.93. The monoisotopic (exact) mass is 380 g/mol. The van der Waals surface area contributed by atoms with Crippen molar-refractivity contribution in [3.8, 4) is 0 Å². The molecule has 7 heteroatoms. The molecule has 0 N–H and O–H groups in total. The van der Waals surface area contributed by atoms with Crippen LogP contribution in [0.3, 0.4) is 0 Å². The Morgan fingerprint density at radius 3 is 2.50 bits per heavy atom. The molecule has 0 spiro atoms. The minimum atomic E-state index is -0.475. The van der Waals surface area contributed by atoms with Gasteiger partial charge in [0.25, 0.3) is 11.2 Å². The summed E-state index contributed by atoms with van der Waals surface area (Å²) in [6, 6.07) is 0. The van der Waals surface area contributed by atoms with Gasteiger partial charge in [-0.05, 0) is 28.3 Å². The maximum atomic E-state index is 12.0. The second-order valence-electron chi connectivity index (χ2n) is 4.94. The van der Waals surface area contributed by atoms with Crippen molar-refractivity contribution in [2.45, 2.75) is 27.3 Å². The van der Waals surface area contributed by atoms with Gasteiger partial charge < -0.3 is 4.57 Å². The zero-order valence-corrected chi connectivity index (χ0v) is 13.5. The van der Waals surface area contributed by atoms with Crippen LogP contribution in [-0.2, 0) is 6.54 Å². The van der Waals surface area contributed by atoms with E-state index in [9.17, 15) is 14.9 Å². The lowest BCUT2D eigenvalue weighted by Crippen LogP contribution is -2.30. The number of halogens is 2. The number of hydrogen-bond acceptors (Lipinski definition) is 3. The summed E-state index contributed by atoms with van der Waals surface area (Å²) in [4.78, 5) is 22.5. The fourth-order valence-corrected chi connectivity index (χ4v) is 2.12. The Balaban J connectivity index is 3.38. The van der Waals surface area contributed by atoms with Crippen molar-refractivity contribution in [3.05, 3.63) is 36.7 Å². The first-order chi connectivity index (χ1) is 8.19. The van der Waals surface area contributed by atoms with Gasteiger partial charge in [-0.3, -0.25) is 14.9 Å². The summed E-state index contributed by atoms with van der Waals surface area (Å²) < 4.78 is 1.64. The van der Waals surface area contributed by atoms with Crippen LogP contribution >= 0.6 is 31.9 Å². The van der Waals surface area contributed by atoms with Crippen molar-refractivity contribution in [2.75, 3.05) is 5.33 Å². The first-order valence-electron chi connectivity index (χ1n) is 5.29. The normalized spacial score (nSPS) is 11.6. The molecule has 0 unspecified atom stereocenters. The highest BCUT2D eigenvalue weighted by atomic mass is 79.9. The number of nitro groups is 1. The van der Waals surface area contributed by atoms with Crippen molar-refractivity contribution < 1.29 is 4.92 Å². The van der Waals surface area contributed by atoms with E-state index in [4.69, 9.17) is 0 Å². The molecule has 1 aromatic heterocycles. The molecule has 0 aliphatic carbocycles. The van der Waals surface area contributed by atoms with Crippen LogP contribution in [0.25, 0.3) is 0 Å². The highest BCUT2D eigenvalue weighted by Crippen LogP contribution is 2.25. The molecule has 0 aliphatic heterocycles. The Morgan fingerprint density at radius 1 is 1.50 bits per heavy atom. The predicted molar refractivity (Wildman–Crippen MR) is 77.4 cm³/mol. The molecule has 0 saturated carbocycles. The zero-order chi connectivity index (χ0) is 14.1. The van der Waals surface area contributed by atoms with Crippen LogP contribution in [0.2, 0.25) is 0 Å². The molecule has 5 nitrogen and oxygen atoms in total. The molecular weight excluding hydrogens is 368 g/mol. The van der Waals surface area contributed by atoms with E-state index in [0.717, 1.165) is 0 Å². The Labute approximate surface area is 122 Å². The van der Waals surface area contributed by atoms with E-state index in [-0.39, 0.29) is 21.1 Å². The number of pyridine rings is 1. The molecule has 0 fully saturated rings. The van der Waals surface area contributed by atoms with Crippen LogP contribution in [0, 0.1) is 22.5 Å². The number of nitrogens with zero attached hydrogens (tertiary/aromatic N) is 2. The summed E-state index contributed by atoms with van der Waals surface area (Å²) in [5.74, 6) is 0. The van der Waals surface area contributed by atoms with E-state index in [1.54, 1.807) is 6.92 Å². The van der Waals surface area contributed by atoms with Gasteiger partial charge in [0.1, 0.15) is 0 Å². The van der Waals surface area contributed by atoms with Gasteiger partial charge in [-0.2, -0.15) is 0 Å². The maximum Gasteiger partial charge on any atom is 0.289 e. The van der Waals surface area contributed by atoms with Crippen molar-refractivity contribution in [3.63, 3.8) is 0 Å². The molecule has 1 heterocycles. The molecule has 1 rings (SSSR count). The molecule has 0 amide bonds. The van der Waals surface area contributed by atoms with Crippen molar-refractivity contribution in [1.29, 1.82) is 0 Å². The first-order valence-corrected chi connectivity index (χ1v) is 7.21. The molecule has 0 aromatic carbocycles. The van der Waals surface area contributed by atoms with Crippen LogP contribution in [0.5, 0.6) is 0 Å². The Morgan fingerprint density at radius 2 is 2.06 bits per heavy atom. The van der Waals surface area contributed by atoms with Crippen LogP contribution in [0.1, 0.15) is 19.4 Å². The smallest absolute Gasteiger partial charge is 0.289 e. The van der Waals surface area contributed by atoms with Gasteiger partial charge in [-0.15, -0.1) is 0 Å². The van der Waals surface area contributed by atoms with Gasteiger partial charge in [0.05, 0.1) is 15.6 Å². The van der Waals surface area contributed by atoms with Crippen LogP contribution in [-0.4, -0.2) is 14.8 Å². The average molecular weight is 382 g/mol. The van der Waals surface area contributed by atoms with Crippen molar-refractivity contribution in [1.82, 2.24) is 4.57 Å². The van der Waals surface area contributed by atoms with Crippen LogP contribution < -0.4 is 5.56 Å². The molecule has 0 atom stereocenters.